The molecule has 0 aromatic rings. The third kappa shape index (κ3) is 5.60. The second-order valence-electron chi connectivity index (χ2n) is 9.87. The molecule has 3 rings (SSSR count). The lowest BCUT2D eigenvalue weighted by atomic mass is 9.71. The zero-order valence-corrected chi connectivity index (χ0v) is 17.2. The van der Waals surface area contributed by atoms with Crippen LogP contribution >= 0.6 is 0 Å². The largest absolute Gasteiger partial charge is 0.462 e. The first-order valence-electron chi connectivity index (χ1n) is 11.4. The highest BCUT2D eigenvalue weighted by Gasteiger charge is 2.33. The van der Waals surface area contributed by atoms with E-state index in [0.717, 1.165) is 55.8 Å². The van der Waals surface area contributed by atoms with Crippen molar-refractivity contribution < 1.29 is 9.53 Å². The SMILES string of the molecule is C=C(C)CC1CCC(C(=O)OC2CCC(C3CCC(C)CC3)CC2)CC1. The summed E-state index contributed by atoms with van der Waals surface area (Å²) in [5.74, 6) is 3.79. The number of esters is 1. The van der Waals surface area contributed by atoms with Gasteiger partial charge in [0.25, 0.3) is 0 Å². The number of rotatable bonds is 5. The van der Waals surface area contributed by atoms with Crippen LogP contribution in [0.5, 0.6) is 0 Å². The van der Waals surface area contributed by atoms with Crippen LogP contribution in [0.4, 0.5) is 0 Å². The third-order valence-corrected chi connectivity index (χ3v) is 7.55. The van der Waals surface area contributed by atoms with Crippen molar-refractivity contribution in [1.82, 2.24) is 0 Å². The Morgan fingerprint density at radius 2 is 1.38 bits per heavy atom. The Labute approximate surface area is 161 Å². The molecular formula is C24H40O2. The fourth-order valence-corrected chi connectivity index (χ4v) is 5.79. The van der Waals surface area contributed by atoms with Gasteiger partial charge in [0.1, 0.15) is 6.10 Å². The van der Waals surface area contributed by atoms with Crippen LogP contribution in [-0.2, 0) is 9.53 Å². The zero-order valence-electron chi connectivity index (χ0n) is 17.2. The highest BCUT2D eigenvalue weighted by atomic mass is 16.5. The van der Waals surface area contributed by atoms with Gasteiger partial charge in [0, 0.05) is 0 Å². The number of hydrogen-bond acceptors (Lipinski definition) is 2. The van der Waals surface area contributed by atoms with Crippen molar-refractivity contribution in [3.8, 4) is 0 Å². The summed E-state index contributed by atoms with van der Waals surface area (Å²) in [7, 11) is 0. The van der Waals surface area contributed by atoms with Crippen LogP contribution < -0.4 is 0 Å². The molecule has 0 amide bonds. The van der Waals surface area contributed by atoms with E-state index >= 15 is 0 Å². The lowest BCUT2D eigenvalue weighted by Crippen LogP contribution is -2.32. The van der Waals surface area contributed by atoms with Crippen LogP contribution in [0.1, 0.15) is 97.3 Å². The molecule has 0 unspecified atom stereocenters. The summed E-state index contributed by atoms with van der Waals surface area (Å²) < 4.78 is 5.94. The van der Waals surface area contributed by atoms with E-state index < -0.39 is 0 Å². The lowest BCUT2D eigenvalue weighted by Gasteiger charge is -2.37. The average molecular weight is 361 g/mol. The maximum absolute atomic E-state index is 12.6. The Hall–Kier alpha value is -0.790. The summed E-state index contributed by atoms with van der Waals surface area (Å²) in [4.78, 5) is 12.6. The monoisotopic (exact) mass is 360 g/mol. The Balaban J connectivity index is 1.35. The predicted molar refractivity (Wildman–Crippen MR) is 108 cm³/mol. The van der Waals surface area contributed by atoms with Gasteiger partial charge in [0.15, 0.2) is 0 Å². The number of carbonyl (C=O) groups excluding carboxylic acids is 1. The third-order valence-electron chi connectivity index (χ3n) is 7.55. The molecule has 0 heterocycles. The highest BCUT2D eigenvalue weighted by molar-refractivity contribution is 5.72. The zero-order chi connectivity index (χ0) is 18.5. The minimum atomic E-state index is 0.105. The molecule has 0 aromatic heterocycles. The second kappa shape index (κ2) is 9.42. The summed E-state index contributed by atoms with van der Waals surface area (Å²) in [6.07, 6.45) is 16.2. The molecule has 0 bridgehead atoms. The Morgan fingerprint density at radius 3 is 1.92 bits per heavy atom. The molecule has 2 heteroatoms. The Kier molecular flexibility index (Phi) is 7.23. The van der Waals surface area contributed by atoms with Crippen molar-refractivity contribution in [1.29, 1.82) is 0 Å². The summed E-state index contributed by atoms with van der Waals surface area (Å²) in [5.41, 5.74) is 1.28. The molecule has 0 saturated heterocycles. The minimum Gasteiger partial charge on any atom is -0.462 e. The normalized spacial score (nSPS) is 38.5. The molecule has 0 aliphatic heterocycles. The van der Waals surface area contributed by atoms with Gasteiger partial charge in [-0.05, 0) is 101 Å². The maximum Gasteiger partial charge on any atom is 0.309 e. The molecule has 0 radical (unpaired) electrons. The molecule has 0 atom stereocenters. The van der Waals surface area contributed by atoms with Gasteiger partial charge >= 0.3 is 5.97 Å². The number of hydrogen-bond donors (Lipinski definition) is 0. The summed E-state index contributed by atoms with van der Waals surface area (Å²) in [6.45, 7) is 8.55. The van der Waals surface area contributed by atoms with Crippen LogP contribution in [0, 0.1) is 29.6 Å². The van der Waals surface area contributed by atoms with Crippen LogP contribution in [0.25, 0.3) is 0 Å². The first kappa shape index (κ1) is 20.0. The predicted octanol–water partition coefficient (Wildman–Crippen LogP) is 6.69. The van der Waals surface area contributed by atoms with Crippen molar-refractivity contribution in [3.05, 3.63) is 12.2 Å². The van der Waals surface area contributed by atoms with E-state index in [4.69, 9.17) is 4.74 Å². The summed E-state index contributed by atoms with van der Waals surface area (Å²) in [6, 6.07) is 0. The van der Waals surface area contributed by atoms with Gasteiger partial charge in [-0.15, -0.1) is 6.58 Å². The van der Waals surface area contributed by atoms with E-state index in [0.29, 0.717) is 0 Å². The van der Waals surface area contributed by atoms with Crippen molar-refractivity contribution in [3.63, 3.8) is 0 Å². The molecule has 0 aromatic carbocycles. The molecule has 0 N–H and O–H groups in total. The second-order valence-corrected chi connectivity index (χ2v) is 9.87. The van der Waals surface area contributed by atoms with E-state index in [1.54, 1.807) is 0 Å². The fraction of sp³-hybridized carbons (Fsp3) is 0.875. The molecule has 3 aliphatic rings. The van der Waals surface area contributed by atoms with Gasteiger partial charge in [-0.25, -0.2) is 0 Å². The van der Waals surface area contributed by atoms with Gasteiger partial charge < -0.3 is 4.74 Å². The topological polar surface area (TPSA) is 26.3 Å². The first-order chi connectivity index (χ1) is 12.5. The van der Waals surface area contributed by atoms with Gasteiger partial charge in [-0.3, -0.25) is 4.79 Å². The smallest absolute Gasteiger partial charge is 0.309 e. The molecule has 0 spiro atoms. The lowest BCUT2D eigenvalue weighted by molar-refractivity contribution is -0.157. The van der Waals surface area contributed by atoms with Crippen molar-refractivity contribution in [2.24, 2.45) is 29.6 Å². The quantitative estimate of drug-likeness (QED) is 0.403. The first-order valence-corrected chi connectivity index (χ1v) is 11.4. The van der Waals surface area contributed by atoms with Crippen LogP contribution in [-0.4, -0.2) is 12.1 Å². The Morgan fingerprint density at radius 1 is 0.846 bits per heavy atom. The van der Waals surface area contributed by atoms with Gasteiger partial charge in [0.2, 0.25) is 0 Å². The van der Waals surface area contributed by atoms with E-state index in [9.17, 15) is 4.79 Å². The van der Waals surface area contributed by atoms with E-state index in [-0.39, 0.29) is 18.0 Å². The van der Waals surface area contributed by atoms with Gasteiger partial charge in [-0.2, -0.15) is 0 Å². The van der Waals surface area contributed by atoms with Gasteiger partial charge in [-0.1, -0.05) is 25.3 Å². The van der Waals surface area contributed by atoms with Crippen LogP contribution in [0.2, 0.25) is 0 Å². The number of allylic oxidation sites excluding steroid dienone is 1. The molecule has 26 heavy (non-hydrogen) atoms. The molecule has 3 aliphatic carbocycles. The van der Waals surface area contributed by atoms with Crippen molar-refractivity contribution in [2.75, 3.05) is 0 Å². The Bertz CT molecular complexity index is 459. The van der Waals surface area contributed by atoms with Crippen molar-refractivity contribution >= 4 is 5.97 Å². The fourth-order valence-electron chi connectivity index (χ4n) is 5.79. The van der Waals surface area contributed by atoms with Crippen molar-refractivity contribution in [2.45, 2.75) is 103 Å². The van der Waals surface area contributed by atoms with E-state index in [1.165, 1.54) is 56.9 Å². The minimum absolute atomic E-state index is 0.105. The molecular weight excluding hydrogens is 320 g/mol. The molecule has 148 valence electrons. The maximum atomic E-state index is 12.6. The van der Waals surface area contributed by atoms with E-state index in [1.807, 2.05) is 0 Å². The molecule has 3 saturated carbocycles. The summed E-state index contributed by atoms with van der Waals surface area (Å²) >= 11 is 0. The van der Waals surface area contributed by atoms with Gasteiger partial charge in [0.05, 0.1) is 5.92 Å². The average Bonchev–Trinajstić information content (AvgIpc) is 2.63. The van der Waals surface area contributed by atoms with Crippen LogP contribution in [0.3, 0.4) is 0 Å². The van der Waals surface area contributed by atoms with Crippen LogP contribution in [0.15, 0.2) is 12.2 Å². The number of ether oxygens (including phenoxy) is 1. The highest BCUT2D eigenvalue weighted by Crippen LogP contribution is 2.41. The number of carbonyl (C=O) groups is 1. The molecule has 3 fully saturated rings. The summed E-state index contributed by atoms with van der Waals surface area (Å²) in [5, 5.41) is 0. The molecule has 2 nitrogen and oxygen atoms in total. The van der Waals surface area contributed by atoms with E-state index in [2.05, 4.69) is 20.4 Å². The standard InChI is InChI=1S/C24H40O2/c1-17(2)16-19-6-10-22(11-7-19)24(25)26-23-14-12-21(13-15-23)20-8-4-18(3)5-9-20/h18-23H,1,4-16H2,2-3H3.